The van der Waals surface area contributed by atoms with Gasteiger partial charge in [0.1, 0.15) is 6.10 Å². The Morgan fingerprint density at radius 2 is 1.62 bits per heavy atom. The van der Waals surface area contributed by atoms with Crippen LogP contribution in [0.3, 0.4) is 0 Å². The molecule has 0 saturated carbocycles. The summed E-state index contributed by atoms with van der Waals surface area (Å²) in [5.41, 5.74) is 6.17. The molecule has 0 spiro atoms. The lowest BCUT2D eigenvalue weighted by atomic mass is 9.97. The maximum absolute atomic E-state index is 10.9. The molecule has 0 amide bonds. The van der Waals surface area contributed by atoms with Gasteiger partial charge < -0.3 is 5.11 Å². The second kappa shape index (κ2) is 5.58. The largest absolute Gasteiger partial charge is 0.384 e. The number of nitro groups is 1. The second-order valence-electron chi connectivity index (χ2n) is 6.01. The van der Waals surface area contributed by atoms with Crippen LogP contribution in [0, 0.1) is 10.1 Å². The molecule has 0 fully saturated rings. The normalized spacial score (nSPS) is 13.2. The van der Waals surface area contributed by atoms with Gasteiger partial charge in [-0.05, 0) is 39.8 Å². The molecule has 118 valence electrons. The van der Waals surface area contributed by atoms with Crippen LogP contribution in [0.15, 0.2) is 66.7 Å². The predicted molar refractivity (Wildman–Crippen MR) is 91.8 cm³/mol. The van der Waals surface area contributed by atoms with E-state index in [-0.39, 0.29) is 5.69 Å². The molecule has 0 aliphatic heterocycles. The maximum Gasteiger partial charge on any atom is 0.269 e. The van der Waals surface area contributed by atoms with Crippen LogP contribution < -0.4 is 0 Å². The molecule has 4 rings (SSSR count). The van der Waals surface area contributed by atoms with Gasteiger partial charge in [0, 0.05) is 12.1 Å². The summed E-state index contributed by atoms with van der Waals surface area (Å²) in [7, 11) is 0. The first-order chi connectivity index (χ1) is 11.6. The summed E-state index contributed by atoms with van der Waals surface area (Å²) in [6.07, 6.45) is -0.0278. The van der Waals surface area contributed by atoms with Gasteiger partial charge in [-0.25, -0.2) is 0 Å². The van der Waals surface area contributed by atoms with E-state index in [1.165, 1.54) is 34.4 Å². The summed E-state index contributed by atoms with van der Waals surface area (Å²) in [5, 5.41) is 21.5. The van der Waals surface area contributed by atoms with E-state index < -0.39 is 11.0 Å². The van der Waals surface area contributed by atoms with Gasteiger partial charge in [0.2, 0.25) is 0 Å². The molecule has 0 bridgehead atoms. The van der Waals surface area contributed by atoms with Gasteiger partial charge in [-0.15, -0.1) is 0 Å². The van der Waals surface area contributed by atoms with Crippen molar-refractivity contribution < 1.29 is 10.0 Å². The van der Waals surface area contributed by atoms with Crippen molar-refractivity contribution in [3.05, 3.63) is 99.1 Å². The molecule has 4 heteroatoms. The van der Waals surface area contributed by atoms with Crippen LogP contribution in [0.25, 0.3) is 11.1 Å². The number of rotatable bonds is 3. The minimum absolute atomic E-state index is 0.0138. The van der Waals surface area contributed by atoms with E-state index in [1.807, 2.05) is 30.3 Å². The van der Waals surface area contributed by atoms with Crippen LogP contribution >= 0.6 is 0 Å². The number of benzene rings is 3. The number of aliphatic hydroxyl groups excluding tert-OH is 1. The molecule has 0 saturated heterocycles. The quantitative estimate of drug-likeness (QED) is 0.454. The van der Waals surface area contributed by atoms with Crippen LogP contribution in [0.1, 0.15) is 28.4 Å². The number of non-ortho nitro benzene ring substituents is 1. The van der Waals surface area contributed by atoms with Gasteiger partial charge in [0.05, 0.1) is 4.92 Å². The number of hydrogen-bond donors (Lipinski definition) is 1. The van der Waals surface area contributed by atoms with Crippen molar-refractivity contribution in [2.45, 2.75) is 12.5 Å². The monoisotopic (exact) mass is 317 g/mol. The minimum Gasteiger partial charge on any atom is -0.384 e. The highest BCUT2D eigenvalue weighted by atomic mass is 16.6. The average molecular weight is 317 g/mol. The Hall–Kier alpha value is -2.98. The fourth-order valence-electron chi connectivity index (χ4n) is 3.34. The highest BCUT2D eigenvalue weighted by Crippen LogP contribution is 2.38. The molecule has 1 N–H and O–H groups in total. The summed E-state index contributed by atoms with van der Waals surface area (Å²) in [6.45, 7) is 0. The number of fused-ring (bicyclic) bond motifs is 3. The maximum atomic E-state index is 10.9. The zero-order valence-corrected chi connectivity index (χ0v) is 12.8. The van der Waals surface area contributed by atoms with Crippen molar-refractivity contribution >= 4 is 5.69 Å². The van der Waals surface area contributed by atoms with E-state index in [0.29, 0.717) is 5.56 Å². The highest BCUT2D eigenvalue weighted by molar-refractivity contribution is 5.77. The fraction of sp³-hybridized carbons (Fsp3) is 0.100. The van der Waals surface area contributed by atoms with Crippen molar-refractivity contribution in [3.8, 4) is 11.1 Å². The standard InChI is InChI=1S/C20H15NO3/c22-20(14-5-3-6-17(12-14)21(23)24)15-8-9-19-16(11-15)10-13-4-1-2-7-18(13)19/h1-9,11-12,20,22H,10H2. The molecule has 4 nitrogen and oxygen atoms in total. The third kappa shape index (κ3) is 2.37. The third-order valence-corrected chi connectivity index (χ3v) is 4.53. The lowest BCUT2D eigenvalue weighted by Gasteiger charge is -2.13. The van der Waals surface area contributed by atoms with Gasteiger partial charge in [-0.3, -0.25) is 10.1 Å². The fourth-order valence-corrected chi connectivity index (χ4v) is 3.34. The number of aliphatic hydroxyl groups is 1. The van der Waals surface area contributed by atoms with Crippen LogP contribution in [0.4, 0.5) is 5.69 Å². The Morgan fingerprint density at radius 3 is 2.46 bits per heavy atom. The average Bonchev–Trinajstić information content (AvgIpc) is 2.99. The van der Waals surface area contributed by atoms with Gasteiger partial charge in [0.15, 0.2) is 0 Å². The Bertz CT molecular complexity index is 949. The van der Waals surface area contributed by atoms with Crippen LogP contribution in [-0.2, 0) is 6.42 Å². The van der Waals surface area contributed by atoms with Crippen molar-refractivity contribution in [3.63, 3.8) is 0 Å². The van der Waals surface area contributed by atoms with Crippen LogP contribution in [0.5, 0.6) is 0 Å². The topological polar surface area (TPSA) is 63.4 Å². The summed E-state index contributed by atoms with van der Waals surface area (Å²) >= 11 is 0. The van der Waals surface area contributed by atoms with E-state index in [2.05, 4.69) is 12.1 Å². The van der Waals surface area contributed by atoms with Crippen LogP contribution in [0.2, 0.25) is 0 Å². The van der Waals surface area contributed by atoms with Crippen LogP contribution in [-0.4, -0.2) is 10.0 Å². The van der Waals surface area contributed by atoms with Gasteiger partial charge in [-0.1, -0.05) is 54.6 Å². The number of nitrogens with zero attached hydrogens (tertiary/aromatic N) is 1. The molecule has 3 aromatic rings. The molecule has 0 radical (unpaired) electrons. The summed E-state index contributed by atoms with van der Waals surface area (Å²) in [5.74, 6) is 0. The Balaban J connectivity index is 1.70. The van der Waals surface area contributed by atoms with E-state index in [4.69, 9.17) is 0 Å². The summed E-state index contributed by atoms with van der Waals surface area (Å²) in [6, 6.07) is 20.4. The molecular formula is C20H15NO3. The van der Waals surface area contributed by atoms with E-state index >= 15 is 0 Å². The Morgan fingerprint density at radius 1 is 0.875 bits per heavy atom. The highest BCUT2D eigenvalue weighted by Gasteiger charge is 2.20. The summed E-state index contributed by atoms with van der Waals surface area (Å²) < 4.78 is 0. The molecule has 1 aliphatic carbocycles. The summed E-state index contributed by atoms with van der Waals surface area (Å²) in [4.78, 5) is 10.5. The molecule has 0 aromatic heterocycles. The molecule has 1 unspecified atom stereocenters. The Kier molecular flexibility index (Phi) is 3.40. The first-order valence-corrected chi connectivity index (χ1v) is 7.77. The smallest absolute Gasteiger partial charge is 0.269 e. The van der Waals surface area contributed by atoms with Crippen molar-refractivity contribution in [1.29, 1.82) is 0 Å². The van der Waals surface area contributed by atoms with Crippen molar-refractivity contribution in [1.82, 2.24) is 0 Å². The predicted octanol–water partition coefficient (Wildman–Crippen LogP) is 4.25. The van der Waals surface area contributed by atoms with Gasteiger partial charge >= 0.3 is 0 Å². The molecule has 1 atom stereocenters. The molecule has 1 aliphatic rings. The number of hydrogen-bond acceptors (Lipinski definition) is 3. The zero-order chi connectivity index (χ0) is 16.7. The first kappa shape index (κ1) is 14.6. The minimum atomic E-state index is -0.876. The Labute approximate surface area is 139 Å². The van der Waals surface area contributed by atoms with E-state index in [9.17, 15) is 15.2 Å². The molecule has 0 heterocycles. The number of nitro benzene ring substituents is 1. The van der Waals surface area contributed by atoms with Crippen molar-refractivity contribution in [2.24, 2.45) is 0 Å². The van der Waals surface area contributed by atoms with Gasteiger partial charge in [0.25, 0.3) is 5.69 Å². The molecule has 3 aromatic carbocycles. The first-order valence-electron chi connectivity index (χ1n) is 7.77. The SMILES string of the molecule is O=[N+]([O-])c1cccc(C(O)c2ccc3c(c2)Cc2ccccc2-3)c1. The molecular weight excluding hydrogens is 302 g/mol. The molecule has 24 heavy (non-hydrogen) atoms. The van der Waals surface area contributed by atoms with E-state index in [0.717, 1.165) is 12.0 Å². The van der Waals surface area contributed by atoms with Gasteiger partial charge in [-0.2, -0.15) is 0 Å². The van der Waals surface area contributed by atoms with E-state index in [1.54, 1.807) is 12.1 Å². The van der Waals surface area contributed by atoms with Crippen molar-refractivity contribution in [2.75, 3.05) is 0 Å². The lowest BCUT2D eigenvalue weighted by Crippen LogP contribution is -2.01. The second-order valence-corrected chi connectivity index (χ2v) is 6.01. The zero-order valence-electron chi connectivity index (χ0n) is 12.8. The third-order valence-electron chi connectivity index (χ3n) is 4.53. The lowest BCUT2D eigenvalue weighted by molar-refractivity contribution is -0.385.